The summed E-state index contributed by atoms with van der Waals surface area (Å²) in [5.41, 5.74) is 0.940. The topological polar surface area (TPSA) is 50.8 Å². The fraction of sp³-hybridized carbons (Fsp3) is 0.533. The van der Waals surface area contributed by atoms with Crippen molar-refractivity contribution in [2.45, 2.75) is 5.92 Å². The van der Waals surface area contributed by atoms with E-state index in [1.165, 1.54) is 7.11 Å². The molecule has 5 heteroatoms. The van der Waals surface area contributed by atoms with Crippen LogP contribution in [0.1, 0.15) is 11.5 Å². The Balaban J connectivity index is 2.15. The molecule has 2 rings (SSSR count). The monoisotopic (exact) mass is 278 g/mol. The number of ether oxygens (including phenoxy) is 2. The second-order valence-corrected chi connectivity index (χ2v) is 4.90. The average Bonchev–Trinajstić information content (AvgIpc) is 2.53. The van der Waals surface area contributed by atoms with Gasteiger partial charge in [-0.05, 0) is 17.7 Å². The third-order valence-electron chi connectivity index (χ3n) is 3.63. The maximum Gasteiger partial charge on any atom is 0.314 e. The van der Waals surface area contributed by atoms with E-state index in [9.17, 15) is 4.79 Å². The number of nitrogens with one attached hydrogen (secondary N) is 1. The summed E-state index contributed by atoms with van der Waals surface area (Å²) in [6, 6.07) is 7.64. The molecule has 0 bridgehead atoms. The molecule has 1 aromatic rings. The number of hydrogen-bond donors (Lipinski definition) is 1. The van der Waals surface area contributed by atoms with Gasteiger partial charge in [-0.3, -0.25) is 9.69 Å². The zero-order valence-electron chi connectivity index (χ0n) is 12.1. The van der Waals surface area contributed by atoms with E-state index in [4.69, 9.17) is 9.47 Å². The maximum absolute atomic E-state index is 12.1. The van der Waals surface area contributed by atoms with Crippen LogP contribution in [-0.2, 0) is 9.53 Å². The fourth-order valence-electron chi connectivity index (χ4n) is 2.47. The number of benzene rings is 1. The van der Waals surface area contributed by atoms with Gasteiger partial charge in [0.2, 0.25) is 0 Å². The predicted molar refractivity (Wildman–Crippen MR) is 77.1 cm³/mol. The molecule has 0 spiro atoms. The van der Waals surface area contributed by atoms with Crippen LogP contribution in [-0.4, -0.2) is 57.8 Å². The first kappa shape index (κ1) is 14.8. The Labute approximate surface area is 119 Å². The lowest BCUT2D eigenvalue weighted by Crippen LogP contribution is -2.45. The van der Waals surface area contributed by atoms with Crippen molar-refractivity contribution in [3.63, 3.8) is 0 Å². The van der Waals surface area contributed by atoms with Gasteiger partial charge in [0.05, 0.1) is 20.1 Å². The van der Waals surface area contributed by atoms with Gasteiger partial charge in [-0.2, -0.15) is 0 Å². The molecule has 1 N–H and O–H groups in total. The molecule has 0 amide bonds. The zero-order chi connectivity index (χ0) is 14.4. The van der Waals surface area contributed by atoms with Gasteiger partial charge in [0.25, 0.3) is 0 Å². The zero-order valence-corrected chi connectivity index (χ0v) is 12.1. The van der Waals surface area contributed by atoms with Crippen molar-refractivity contribution >= 4 is 5.97 Å². The van der Waals surface area contributed by atoms with Crippen LogP contribution in [0.3, 0.4) is 0 Å². The normalized spacial score (nSPS) is 17.5. The molecular weight excluding hydrogens is 256 g/mol. The lowest BCUT2D eigenvalue weighted by Gasteiger charge is -2.30. The SMILES string of the molecule is COC(=O)C(CN1CCNCC1)c1cccc(OC)c1. The average molecular weight is 278 g/mol. The molecular formula is C15H22N2O3. The second kappa shape index (κ2) is 7.26. The molecule has 1 aliphatic rings. The Morgan fingerprint density at radius 2 is 2.10 bits per heavy atom. The van der Waals surface area contributed by atoms with Crippen molar-refractivity contribution in [1.29, 1.82) is 0 Å². The van der Waals surface area contributed by atoms with Crippen LogP contribution in [0.5, 0.6) is 5.75 Å². The molecule has 1 aromatic carbocycles. The van der Waals surface area contributed by atoms with E-state index in [1.807, 2.05) is 24.3 Å². The van der Waals surface area contributed by atoms with Crippen LogP contribution in [0.15, 0.2) is 24.3 Å². The number of hydrogen-bond acceptors (Lipinski definition) is 5. The number of piperazine rings is 1. The Morgan fingerprint density at radius 3 is 2.75 bits per heavy atom. The quantitative estimate of drug-likeness (QED) is 0.810. The molecule has 0 aliphatic carbocycles. The highest BCUT2D eigenvalue weighted by Crippen LogP contribution is 2.23. The van der Waals surface area contributed by atoms with E-state index in [2.05, 4.69) is 10.2 Å². The second-order valence-electron chi connectivity index (χ2n) is 4.90. The third-order valence-corrected chi connectivity index (χ3v) is 3.63. The van der Waals surface area contributed by atoms with Crippen molar-refractivity contribution in [3.8, 4) is 5.75 Å². The summed E-state index contributed by atoms with van der Waals surface area (Å²) in [7, 11) is 3.07. The first-order valence-corrected chi connectivity index (χ1v) is 6.89. The predicted octanol–water partition coefficient (Wildman–Crippen LogP) is 0.857. The standard InChI is InChI=1S/C15H22N2O3/c1-19-13-5-3-4-12(10-13)14(15(18)20-2)11-17-8-6-16-7-9-17/h3-5,10,14,16H,6-9,11H2,1-2H3. The Kier molecular flexibility index (Phi) is 5.38. The molecule has 110 valence electrons. The highest BCUT2D eigenvalue weighted by atomic mass is 16.5. The van der Waals surface area contributed by atoms with Crippen LogP contribution in [0.25, 0.3) is 0 Å². The summed E-state index contributed by atoms with van der Waals surface area (Å²) in [5, 5.41) is 3.31. The van der Waals surface area contributed by atoms with Crippen LogP contribution in [0, 0.1) is 0 Å². The van der Waals surface area contributed by atoms with E-state index in [1.54, 1.807) is 7.11 Å². The van der Waals surface area contributed by atoms with E-state index in [0.717, 1.165) is 37.5 Å². The fourth-order valence-corrected chi connectivity index (χ4v) is 2.47. The first-order valence-electron chi connectivity index (χ1n) is 6.89. The Morgan fingerprint density at radius 1 is 1.35 bits per heavy atom. The van der Waals surface area contributed by atoms with Gasteiger partial charge in [-0.1, -0.05) is 12.1 Å². The van der Waals surface area contributed by atoms with Crippen LogP contribution in [0.4, 0.5) is 0 Å². The molecule has 1 heterocycles. The molecule has 1 unspecified atom stereocenters. The van der Waals surface area contributed by atoms with Gasteiger partial charge in [0.15, 0.2) is 0 Å². The van der Waals surface area contributed by atoms with Gasteiger partial charge >= 0.3 is 5.97 Å². The summed E-state index contributed by atoms with van der Waals surface area (Å²) in [5.74, 6) is 0.293. The number of rotatable bonds is 5. The van der Waals surface area contributed by atoms with Gasteiger partial charge in [0, 0.05) is 32.7 Å². The Hall–Kier alpha value is -1.59. The summed E-state index contributed by atoms with van der Waals surface area (Å²) in [6.07, 6.45) is 0. The van der Waals surface area contributed by atoms with E-state index >= 15 is 0 Å². The van der Waals surface area contributed by atoms with Crippen molar-refractivity contribution in [2.24, 2.45) is 0 Å². The van der Waals surface area contributed by atoms with Gasteiger partial charge in [-0.15, -0.1) is 0 Å². The summed E-state index contributed by atoms with van der Waals surface area (Å²) in [4.78, 5) is 14.4. The molecule has 1 fully saturated rings. The van der Waals surface area contributed by atoms with Crippen molar-refractivity contribution in [3.05, 3.63) is 29.8 Å². The maximum atomic E-state index is 12.1. The molecule has 1 aliphatic heterocycles. The highest BCUT2D eigenvalue weighted by molar-refractivity contribution is 5.78. The van der Waals surface area contributed by atoms with E-state index in [-0.39, 0.29) is 11.9 Å². The third kappa shape index (κ3) is 3.71. The van der Waals surface area contributed by atoms with Crippen molar-refractivity contribution in [2.75, 3.05) is 46.9 Å². The minimum absolute atomic E-state index is 0.197. The largest absolute Gasteiger partial charge is 0.497 e. The van der Waals surface area contributed by atoms with Crippen molar-refractivity contribution < 1.29 is 14.3 Å². The number of methoxy groups -OCH3 is 2. The molecule has 0 aromatic heterocycles. The van der Waals surface area contributed by atoms with Gasteiger partial charge < -0.3 is 14.8 Å². The summed E-state index contributed by atoms with van der Waals surface area (Å²) in [6.45, 7) is 4.52. The smallest absolute Gasteiger partial charge is 0.314 e. The van der Waals surface area contributed by atoms with Gasteiger partial charge in [-0.25, -0.2) is 0 Å². The number of carbonyl (C=O) groups excluding carboxylic acids is 1. The van der Waals surface area contributed by atoms with Crippen LogP contribution < -0.4 is 10.1 Å². The lowest BCUT2D eigenvalue weighted by atomic mass is 9.98. The summed E-state index contributed by atoms with van der Waals surface area (Å²) >= 11 is 0. The molecule has 1 atom stereocenters. The molecule has 1 saturated heterocycles. The van der Waals surface area contributed by atoms with Crippen LogP contribution >= 0.6 is 0 Å². The molecule has 0 saturated carbocycles. The van der Waals surface area contributed by atoms with Crippen LogP contribution in [0.2, 0.25) is 0 Å². The molecule has 20 heavy (non-hydrogen) atoms. The lowest BCUT2D eigenvalue weighted by molar-refractivity contribution is -0.143. The minimum atomic E-state index is -0.270. The Bertz CT molecular complexity index is 444. The number of esters is 1. The van der Waals surface area contributed by atoms with Crippen molar-refractivity contribution in [1.82, 2.24) is 10.2 Å². The van der Waals surface area contributed by atoms with Gasteiger partial charge in [0.1, 0.15) is 5.75 Å². The highest BCUT2D eigenvalue weighted by Gasteiger charge is 2.25. The van der Waals surface area contributed by atoms with E-state index in [0.29, 0.717) is 6.54 Å². The first-order chi connectivity index (χ1) is 9.74. The molecule has 0 radical (unpaired) electrons. The number of nitrogens with zero attached hydrogens (tertiary/aromatic N) is 1. The summed E-state index contributed by atoms with van der Waals surface area (Å²) < 4.78 is 10.2. The minimum Gasteiger partial charge on any atom is -0.497 e. The number of carbonyl (C=O) groups is 1. The molecule has 5 nitrogen and oxygen atoms in total. The van der Waals surface area contributed by atoms with E-state index < -0.39 is 0 Å².